The number of hydrogen-bond acceptors (Lipinski definition) is 8. The highest BCUT2D eigenvalue weighted by Gasteiger charge is 2.50. The van der Waals surface area contributed by atoms with Crippen LogP contribution in [-0.4, -0.2) is 54.9 Å². The van der Waals surface area contributed by atoms with Gasteiger partial charge in [-0.05, 0) is 37.1 Å². The van der Waals surface area contributed by atoms with Crippen molar-refractivity contribution in [1.29, 1.82) is 0 Å². The molecule has 5 N–H and O–H groups in total. The first-order valence-electron chi connectivity index (χ1n) is 11.3. The molecule has 0 unspecified atom stereocenters. The standard InChI is InChI=1S/C24H27N5O3S/c1-13-2-5-17-20(26)21(33-23(17)27-13)22(30)28-15-8-14-3-4-16(9-18(14)31-11-15)29-10-19(25)24(12-29)6-7-32-24/h2-5,9,15,19H,6-8,10-12,25-26H2,1H3,(H,28,30)/t15-,19+,24+/m1/s1. The van der Waals surface area contributed by atoms with E-state index in [0.717, 1.165) is 59.0 Å². The van der Waals surface area contributed by atoms with Gasteiger partial charge in [-0.3, -0.25) is 4.79 Å². The Morgan fingerprint density at radius 3 is 2.94 bits per heavy atom. The lowest BCUT2D eigenvalue weighted by Gasteiger charge is -2.41. The van der Waals surface area contributed by atoms with Gasteiger partial charge in [0.2, 0.25) is 0 Å². The molecule has 172 valence electrons. The molecule has 1 amide bonds. The van der Waals surface area contributed by atoms with E-state index in [1.165, 1.54) is 11.3 Å². The van der Waals surface area contributed by atoms with Crippen molar-refractivity contribution in [3.05, 3.63) is 46.5 Å². The molecule has 2 fully saturated rings. The molecule has 8 nitrogen and oxygen atoms in total. The largest absolute Gasteiger partial charge is 0.491 e. The number of pyridine rings is 1. The zero-order chi connectivity index (χ0) is 22.7. The Labute approximate surface area is 195 Å². The Bertz CT molecular complexity index is 1250. The lowest BCUT2D eigenvalue weighted by molar-refractivity contribution is -0.139. The molecule has 2 aromatic heterocycles. The monoisotopic (exact) mass is 465 g/mol. The molecule has 0 radical (unpaired) electrons. The maximum atomic E-state index is 13.0. The fourth-order valence-electron chi connectivity index (χ4n) is 5.05. The van der Waals surface area contributed by atoms with Crippen LogP contribution in [0.4, 0.5) is 11.4 Å². The number of nitrogens with zero attached hydrogens (tertiary/aromatic N) is 2. The Hall–Kier alpha value is -2.88. The van der Waals surface area contributed by atoms with Crippen LogP contribution in [0.5, 0.6) is 5.75 Å². The summed E-state index contributed by atoms with van der Waals surface area (Å²) >= 11 is 1.33. The van der Waals surface area contributed by atoms with Crippen LogP contribution in [0.3, 0.4) is 0 Å². The average Bonchev–Trinajstić information content (AvgIpc) is 3.30. The maximum absolute atomic E-state index is 13.0. The highest BCUT2D eigenvalue weighted by Crippen LogP contribution is 2.39. The van der Waals surface area contributed by atoms with Crippen molar-refractivity contribution in [3.63, 3.8) is 0 Å². The van der Waals surface area contributed by atoms with Crippen LogP contribution in [-0.2, 0) is 11.2 Å². The molecule has 3 aliphatic rings. The van der Waals surface area contributed by atoms with Crippen LogP contribution >= 0.6 is 11.3 Å². The van der Waals surface area contributed by atoms with Gasteiger partial charge in [-0.1, -0.05) is 6.07 Å². The molecule has 5 heterocycles. The number of nitrogens with one attached hydrogen (secondary N) is 1. The van der Waals surface area contributed by atoms with Gasteiger partial charge in [0.25, 0.3) is 5.91 Å². The second kappa shape index (κ2) is 7.58. The van der Waals surface area contributed by atoms with Gasteiger partial charge in [0, 0.05) is 42.3 Å². The average molecular weight is 466 g/mol. The molecular weight excluding hydrogens is 438 g/mol. The van der Waals surface area contributed by atoms with Gasteiger partial charge in [-0.2, -0.15) is 0 Å². The first-order valence-corrected chi connectivity index (χ1v) is 12.1. The number of nitrogen functional groups attached to an aromatic ring is 1. The number of fused-ring (bicyclic) bond motifs is 2. The highest BCUT2D eigenvalue weighted by atomic mass is 32.1. The zero-order valence-corrected chi connectivity index (χ0v) is 19.3. The minimum atomic E-state index is -0.186. The summed E-state index contributed by atoms with van der Waals surface area (Å²) in [6.45, 7) is 4.73. The van der Waals surface area contributed by atoms with E-state index >= 15 is 0 Å². The van der Waals surface area contributed by atoms with E-state index in [1.807, 2.05) is 19.1 Å². The molecule has 3 aliphatic heterocycles. The number of amides is 1. The van der Waals surface area contributed by atoms with Crippen molar-refractivity contribution in [2.24, 2.45) is 5.73 Å². The zero-order valence-electron chi connectivity index (χ0n) is 18.5. The van der Waals surface area contributed by atoms with Crippen LogP contribution in [0.1, 0.15) is 27.3 Å². The summed E-state index contributed by atoms with van der Waals surface area (Å²) in [7, 11) is 0. The number of rotatable bonds is 3. The molecule has 9 heteroatoms. The van der Waals surface area contributed by atoms with E-state index < -0.39 is 0 Å². The third-order valence-corrected chi connectivity index (χ3v) is 8.18. The summed E-state index contributed by atoms with van der Waals surface area (Å²) in [5, 5.41) is 3.91. The van der Waals surface area contributed by atoms with Crippen molar-refractivity contribution >= 4 is 38.8 Å². The van der Waals surface area contributed by atoms with Crippen LogP contribution in [0.15, 0.2) is 30.3 Å². The number of aromatic nitrogens is 1. The van der Waals surface area contributed by atoms with E-state index in [-0.39, 0.29) is 23.6 Å². The van der Waals surface area contributed by atoms with Crippen LogP contribution < -0.4 is 26.4 Å². The Balaban J connectivity index is 1.15. The number of benzene rings is 1. The number of carbonyl (C=O) groups excluding carboxylic acids is 1. The Morgan fingerprint density at radius 2 is 2.18 bits per heavy atom. The lowest BCUT2D eigenvalue weighted by Crippen LogP contribution is -2.56. The van der Waals surface area contributed by atoms with Crippen LogP contribution in [0, 0.1) is 6.92 Å². The topological polar surface area (TPSA) is 116 Å². The van der Waals surface area contributed by atoms with Gasteiger partial charge < -0.3 is 31.2 Å². The first-order chi connectivity index (χ1) is 15.9. The maximum Gasteiger partial charge on any atom is 0.263 e. The molecule has 2 saturated heterocycles. The van der Waals surface area contributed by atoms with E-state index in [4.69, 9.17) is 20.9 Å². The number of carbonyl (C=O) groups is 1. The van der Waals surface area contributed by atoms with Crippen LogP contribution in [0.25, 0.3) is 10.2 Å². The predicted octanol–water partition coefficient (Wildman–Crippen LogP) is 2.23. The third-order valence-electron chi connectivity index (χ3n) is 7.06. The van der Waals surface area contributed by atoms with Crippen LogP contribution in [0.2, 0.25) is 0 Å². The second-order valence-electron chi connectivity index (χ2n) is 9.28. The van der Waals surface area contributed by atoms with E-state index in [9.17, 15) is 4.79 Å². The predicted molar refractivity (Wildman–Crippen MR) is 129 cm³/mol. The van der Waals surface area contributed by atoms with E-state index in [2.05, 4.69) is 33.4 Å². The Kier molecular flexibility index (Phi) is 4.76. The van der Waals surface area contributed by atoms with Crippen molar-refractivity contribution in [1.82, 2.24) is 10.3 Å². The van der Waals surface area contributed by atoms with Gasteiger partial charge >= 0.3 is 0 Å². The minimum absolute atomic E-state index is 0.0308. The summed E-state index contributed by atoms with van der Waals surface area (Å²) < 4.78 is 11.9. The SMILES string of the molecule is Cc1ccc2c(N)c(C(=O)N[C@H]3COc4cc(N5C[C@H](N)[C@]6(CCO6)C5)ccc4C3)sc2n1. The number of thiophene rings is 1. The summed E-state index contributed by atoms with van der Waals surface area (Å²) in [5.41, 5.74) is 16.0. The number of nitrogens with two attached hydrogens (primary N) is 2. The number of aryl methyl sites for hydroxylation is 1. The fraction of sp³-hybridized carbons (Fsp3) is 0.417. The molecule has 1 aromatic carbocycles. The second-order valence-corrected chi connectivity index (χ2v) is 10.3. The molecule has 0 saturated carbocycles. The van der Waals surface area contributed by atoms with Gasteiger partial charge in [0.05, 0.1) is 24.4 Å². The summed E-state index contributed by atoms with van der Waals surface area (Å²) in [5.74, 6) is 0.682. The number of ether oxygens (including phenoxy) is 2. The quantitative estimate of drug-likeness (QED) is 0.543. The molecule has 3 atom stereocenters. The summed E-state index contributed by atoms with van der Waals surface area (Å²) in [6.07, 6.45) is 1.73. The van der Waals surface area contributed by atoms with E-state index in [1.54, 1.807) is 0 Å². The normalized spacial score (nSPS) is 26.2. The van der Waals surface area contributed by atoms with Gasteiger partial charge in [0.1, 0.15) is 27.7 Å². The molecule has 0 aliphatic carbocycles. The smallest absolute Gasteiger partial charge is 0.263 e. The number of anilines is 2. The lowest BCUT2D eigenvalue weighted by atomic mass is 9.90. The third kappa shape index (κ3) is 3.42. The fourth-order valence-corrected chi connectivity index (χ4v) is 6.09. The highest BCUT2D eigenvalue weighted by molar-refractivity contribution is 7.21. The number of hydrogen-bond donors (Lipinski definition) is 3. The van der Waals surface area contributed by atoms with Crippen molar-refractivity contribution in [2.75, 3.05) is 36.9 Å². The summed E-state index contributed by atoms with van der Waals surface area (Å²) in [4.78, 5) is 21.0. The molecule has 6 rings (SSSR count). The molecule has 0 bridgehead atoms. The molecular formula is C24H27N5O3S. The Morgan fingerprint density at radius 1 is 1.33 bits per heavy atom. The van der Waals surface area contributed by atoms with Gasteiger partial charge in [-0.25, -0.2) is 4.98 Å². The molecule has 3 aromatic rings. The first kappa shape index (κ1) is 20.7. The van der Waals surface area contributed by atoms with Gasteiger partial charge in [0.15, 0.2) is 0 Å². The summed E-state index contributed by atoms with van der Waals surface area (Å²) in [6, 6.07) is 10.0. The van der Waals surface area contributed by atoms with E-state index in [0.29, 0.717) is 23.6 Å². The van der Waals surface area contributed by atoms with Crippen molar-refractivity contribution in [3.8, 4) is 5.75 Å². The van der Waals surface area contributed by atoms with Crippen molar-refractivity contribution < 1.29 is 14.3 Å². The minimum Gasteiger partial charge on any atom is -0.491 e. The molecule has 33 heavy (non-hydrogen) atoms. The van der Waals surface area contributed by atoms with Gasteiger partial charge in [-0.15, -0.1) is 11.3 Å². The molecule has 1 spiro atoms. The van der Waals surface area contributed by atoms with Crippen molar-refractivity contribution in [2.45, 2.75) is 37.5 Å².